The maximum absolute atomic E-state index is 6.28. The molecule has 0 aliphatic heterocycles. The van der Waals surface area contributed by atoms with Gasteiger partial charge >= 0.3 is 0 Å². The summed E-state index contributed by atoms with van der Waals surface area (Å²) in [5.74, 6) is 0. The first-order valence-corrected chi connectivity index (χ1v) is 6.22. The summed E-state index contributed by atoms with van der Waals surface area (Å²) in [6.07, 6.45) is 4.07. The molecule has 2 rings (SSSR count). The molecule has 5 heteroatoms. The zero-order chi connectivity index (χ0) is 13.3. The van der Waals surface area contributed by atoms with Gasteiger partial charge in [-0.3, -0.25) is 9.67 Å². The van der Waals surface area contributed by atoms with Crippen LogP contribution in [0.3, 0.4) is 0 Å². The van der Waals surface area contributed by atoms with Crippen LogP contribution < -0.4 is 5.73 Å². The van der Waals surface area contributed by atoms with Gasteiger partial charge in [0.1, 0.15) is 0 Å². The van der Waals surface area contributed by atoms with Crippen molar-refractivity contribution in [1.82, 2.24) is 14.8 Å². The van der Waals surface area contributed by atoms with Crippen molar-refractivity contribution in [3.8, 4) is 0 Å². The van der Waals surface area contributed by atoms with Crippen LogP contribution in [0.2, 0.25) is 5.02 Å². The van der Waals surface area contributed by atoms with Crippen molar-refractivity contribution in [3.63, 3.8) is 0 Å². The lowest BCUT2D eigenvalue weighted by molar-refractivity contribution is 0.700. The largest absolute Gasteiger partial charge is 0.324 e. The summed E-state index contributed by atoms with van der Waals surface area (Å²) < 4.78 is 1.86. The Kier molecular flexibility index (Phi) is 3.68. The van der Waals surface area contributed by atoms with Crippen LogP contribution >= 0.6 is 11.6 Å². The zero-order valence-corrected chi connectivity index (χ0v) is 11.6. The molecule has 0 bridgehead atoms. The molecular formula is C13H17ClN4. The van der Waals surface area contributed by atoms with Gasteiger partial charge in [-0.2, -0.15) is 5.10 Å². The van der Waals surface area contributed by atoms with Gasteiger partial charge in [-0.25, -0.2) is 0 Å². The SMILES string of the molecule is Cc1nn(C)c(C)c1C(N)Cc1ccncc1Cl. The molecular weight excluding hydrogens is 248 g/mol. The van der Waals surface area contributed by atoms with Crippen LogP contribution in [0.5, 0.6) is 0 Å². The summed E-state index contributed by atoms with van der Waals surface area (Å²) in [4.78, 5) is 3.97. The fourth-order valence-corrected chi connectivity index (χ4v) is 2.43. The van der Waals surface area contributed by atoms with E-state index in [1.165, 1.54) is 0 Å². The van der Waals surface area contributed by atoms with Crippen molar-refractivity contribution in [2.45, 2.75) is 26.3 Å². The van der Waals surface area contributed by atoms with Gasteiger partial charge in [-0.1, -0.05) is 11.6 Å². The van der Waals surface area contributed by atoms with E-state index in [4.69, 9.17) is 17.3 Å². The van der Waals surface area contributed by atoms with E-state index in [1.807, 2.05) is 31.6 Å². The van der Waals surface area contributed by atoms with Crippen molar-refractivity contribution >= 4 is 11.6 Å². The molecule has 0 saturated heterocycles. The standard InChI is InChI=1S/C13H17ClN4/c1-8-13(9(2)18(3)17-8)12(15)6-10-4-5-16-7-11(10)14/h4-5,7,12H,6,15H2,1-3H3. The first kappa shape index (κ1) is 13.1. The third-order valence-electron chi connectivity index (χ3n) is 3.23. The van der Waals surface area contributed by atoms with Crippen LogP contribution in [0.4, 0.5) is 0 Å². The number of aryl methyl sites for hydroxylation is 2. The first-order valence-electron chi connectivity index (χ1n) is 5.84. The number of halogens is 1. The lowest BCUT2D eigenvalue weighted by atomic mass is 9.99. The number of nitrogens with two attached hydrogens (primary N) is 1. The lowest BCUT2D eigenvalue weighted by Gasteiger charge is -2.13. The Balaban J connectivity index is 2.28. The third kappa shape index (κ3) is 2.40. The van der Waals surface area contributed by atoms with Crippen LogP contribution in [0, 0.1) is 13.8 Å². The molecule has 0 amide bonds. The van der Waals surface area contributed by atoms with Gasteiger partial charge in [0, 0.05) is 36.7 Å². The fraction of sp³-hybridized carbons (Fsp3) is 0.385. The van der Waals surface area contributed by atoms with Crippen molar-refractivity contribution < 1.29 is 0 Å². The van der Waals surface area contributed by atoms with E-state index in [9.17, 15) is 0 Å². The quantitative estimate of drug-likeness (QED) is 0.926. The highest BCUT2D eigenvalue weighted by Crippen LogP contribution is 2.25. The number of nitrogens with zero attached hydrogens (tertiary/aromatic N) is 3. The van der Waals surface area contributed by atoms with Crippen molar-refractivity contribution in [3.05, 3.63) is 46.0 Å². The van der Waals surface area contributed by atoms with Crippen LogP contribution in [0.15, 0.2) is 18.5 Å². The molecule has 2 N–H and O–H groups in total. The Bertz CT molecular complexity index is 562. The predicted octanol–water partition coefficient (Wildman–Crippen LogP) is 2.33. The number of rotatable bonds is 3. The van der Waals surface area contributed by atoms with Gasteiger partial charge < -0.3 is 5.73 Å². The summed E-state index contributed by atoms with van der Waals surface area (Å²) in [6.45, 7) is 4.01. The molecule has 0 aromatic carbocycles. The van der Waals surface area contributed by atoms with Crippen molar-refractivity contribution in [1.29, 1.82) is 0 Å². The molecule has 0 spiro atoms. The van der Waals surface area contributed by atoms with Gasteiger partial charge in [0.15, 0.2) is 0 Å². The summed E-state index contributed by atoms with van der Waals surface area (Å²) in [5, 5.41) is 5.05. The van der Waals surface area contributed by atoms with Crippen LogP contribution in [-0.2, 0) is 13.5 Å². The second kappa shape index (κ2) is 5.08. The van der Waals surface area contributed by atoms with E-state index in [0.717, 1.165) is 22.5 Å². The molecule has 2 aromatic rings. The van der Waals surface area contributed by atoms with Crippen LogP contribution in [0.1, 0.15) is 28.6 Å². The molecule has 0 radical (unpaired) electrons. The van der Waals surface area contributed by atoms with E-state index in [1.54, 1.807) is 12.4 Å². The van der Waals surface area contributed by atoms with E-state index < -0.39 is 0 Å². The number of aromatic nitrogens is 3. The third-order valence-corrected chi connectivity index (χ3v) is 3.57. The van der Waals surface area contributed by atoms with Crippen molar-refractivity contribution in [2.24, 2.45) is 12.8 Å². The molecule has 1 unspecified atom stereocenters. The Labute approximate surface area is 112 Å². The lowest BCUT2D eigenvalue weighted by Crippen LogP contribution is -2.15. The normalized spacial score (nSPS) is 12.7. The van der Waals surface area contributed by atoms with E-state index in [-0.39, 0.29) is 6.04 Å². The highest BCUT2D eigenvalue weighted by atomic mass is 35.5. The summed E-state index contributed by atoms with van der Waals surface area (Å²) in [5.41, 5.74) is 10.5. The minimum atomic E-state index is -0.0985. The second-order valence-electron chi connectivity index (χ2n) is 4.49. The molecule has 0 aliphatic carbocycles. The van der Waals surface area contributed by atoms with Gasteiger partial charge in [-0.05, 0) is 31.9 Å². The molecule has 2 heterocycles. The monoisotopic (exact) mass is 264 g/mol. The molecule has 2 aromatic heterocycles. The molecule has 4 nitrogen and oxygen atoms in total. The smallest absolute Gasteiger partial charge is 0.0644 e. The summed E-state index contributed by atoms with van der Waals surface area (Å²) >= 11 is 6.10. The highest BCUT2D eigenvalue weighted by molar-refractivity contribution is 6.31. The van der Waals surface area contributed by atoms with E-state index in [2.05, 4.69) is 10.1 Å². The summed E-state index contributed by atoms with van der Waals surface area (Å²) in [7, 11) is 1.93. The van der Waals surface area contributed by atoms with E-state index in [0.29, 0.717) is 11.4 Å². The Morgan fingerprint density at radius 1 is 1.44 bits per heavy atom. The van der Waals surface area contributed by atoms with Crippen LogP contribution in [0.25, 0.3) is 0 Å². The molecule has 96 valence electrons. The minimum Gasteiger partial charge on any atom is -0.324 e. The highest BCUT2D eigenvalue weighted by Gasteiger charge is 2.17. The number of hydrogen-bond acceptors (Lipinski definition) is 3. The van der Waals surface area contributed by atoms with Gasteiger partial charge in [0.25, 0.3) is 0 Å². The molecule has 0 saturated carbocycles. The molecule has 1 atom stereocenters. The topological polar surface area (TPSA) is 56.7 Å². The predicted molar refractivity (Wildman–Crippen MR) is 72.6 cm³/mol. The number of pyridine rings is 1. The first-order chi connectivity index (χ1) is 8.50. The average molecular weight is 265 g/mol. The Morgan fingerprint density at radius 3 is 2.72 bits per heavy atom. The summed E-state index contributed by atoms with van der Waals surface area (Å²) in [6, 6.07) is 1.81. The van der Waals surface area contributed by atoms with Gasteiger partial charge in [0.05, 0.1) is 10.7 Å². The second-order valence-corrected chi connectivity index (χ2v) is 4.89. The van der Waals surface area contributed by atoms with E-state index >= 15 is 0 Å². The average Bonchev–Trinajstić information content (AvgIpc) is 2.56. The minimum absolute atomic E-state index is 0.0985. The maximum atomic E-state index is 6.28. The number of hydrogen-bond donors (Lipinski definition) is 1. The van der Waals surface area contributed by atoms with Gasteiger partial charge in [0.2, 0.25) is 0 Å². The molecule has 0 fully saturated rings. The van der Waals surface area contributed by atoms with Crippen molar-refractivity contribution in [2.75, 3.05) is 0 Å². The van der Waals surface area contributed by atoms with Crippen LogP contribution in [-0.4, -0.2) is 14.8 Å². The fourth-order valence-electron chi connectivity index (χ4n) is 2.24. The Morgan fingerprint density at radius 2 is 2.17 bits per heavy atom. The zero-order valence-electron chi connectivity index (χ0n) is 10.8. The Hall–Kier alpha value is -1.39. The van der Waals surface area contributed by atoms with Gasteiger partial charge in [-0.15, -0.1) is 0 Å². The maximum Gasteiger partial charge on any atom is 0.0644 e. The molecule has 18 heavy (non-hydrogen) atoms. The molecule has 0 aliphatic rings.